The van der Waals surface area contributed by atoms with Crippen LogP contribution < -0.4 is 10.1 Å². The number of nitrogens with one attached hydrogen (secondary N) is 1. The molecule has 1 fully saturated rings. The van der Waals surface area contributed by atoms with Crippen LogP contribution in [-0.4, -0.2) is 53.1 Å². The molecule has 9 heteroatoms. The summed E-state index contributed by atoms with van der Waals surface area (Å²) in [5.41, 5.74) is 2.57. The highest BCUT2D eigenvalue weighted by Crippen LogP contribution is 2.66. The molecule has 8 nitrogen and oxygen atoms in total. The maximum atomic E-state index is 13.9. The van der Waals surface area contributed by atoms with Crippen molar-refractivity contribution in [3.8, 4) is 11.5 Å². The number of rotatable bonds is 6. The van der Waals surface area contributed by atoms with Gasteiger partial charge in [-0.2, -0.15) is 0 Å². The van der Waals surface area contributed by atoms with Gasteiger partial charge in [-0.25, -0.2) is 14.6 Å². The van der Waals surface area contributed by atoms with Crippen LogP contribution in [-0.2, 0) is 9.09 Å². The minimum absolute atomic E-state index is 0.0490. The third-order valence-electron chi connectivity index (χ3n) is 5.45. The van der Waals surface area contributed by atoms with Crippen LogP contribution in [0.3, 0.4) is 0 Å². The van der Waals surface area contributed by atoms with Gasteiger partial charge in [0.05, 0.1) is 37.0 Å². The molecule has 3 rings (SSSR count). The quantitative estimate of drug-likeness (QED) is 0.681. The van der Waals surface area contributed by atoms with Gasteiger partial charge < -0.3 is 19.7 Å². The molecule has 2 heterocycles. The number of benzene rings is 1. The van der Waals surface area contributed by atoms with Crippen molar-refractivity contribution in [2.24, 2.45) is 0 Å². The topological polar surface area (TPSA) is 96.8 Å². The summed E-state index contributed by atoms with van der Waals surface area (Å²) in [7, 11) is 0.147. The Hall–Kier alpha value is -2.15. The highest BCUT2D eigenvalue weighted by atomic mass is 31.2. The summed E-state index contributed by atoms with van der Waals surface area (Å²) in [4.78, 5) is 8.63. The summed E-state index contributed by atoms with van der Waals surface area (Å²) in [6.07, 6.45) is 1.73. The van der Waals surface area contributed by atoms with Crippen molar-refractivity contribution in [2.45, 2.75) is 39.4 Å². The maximum Gasteiger partial charge on any atom is 0.281 e. The Labute approximate surface area is 171 Å². The summed E-state index contributed by atoms with van der Waals surface area (Å²) >= 11 is 0. The molecule has 158 valence electrons. The van der Waals surface area contributed by atoms with E-state index in [4.69, 9.17) is 9.26 Å². The van der Waals surface area contributed by atoms with Crippen LogP contribution >= 0.6 is 7.52 Å². The predicted molar refractivity (Wildman–Crippen MR) is 113 cm³/mol. The fourth-order valence-electron chi connectivity index (χ4n) is 3.51. The fraction of sp³-hybridized carbons (Fsp3) is 0.500. The lowest BCUT2D eigenvalue weighted by molar-refractivity contribution is 0.329. The van der Waals surface area contributed by atoms with Gasteiger partial charge >= 0.3 is 0 Å². The zero-order chi connectivity index (χ0) is 21.3. The van der Waals surface area contributed by atoms with Crippen LogP contribution in [0.15, 0.2) is 18.3 Å². The summed E-state index contributed by atoms with van der Waals surface area (Å²) in [6.45, 7) is 8.29. The second kappa shape index (κ2) is 8.30. The number of anilines is 1. The third-order valence-corrected chi connectivity index (χ3v) is 8.51. The number of hydrogen-bond acceptors (Lipinski definition) is 7. The maximum absolute atomic E-state index is 13.9. The van der Waals surface area contributed by atoms with E-state index in [0.29, 0.717) is 30.3 Å². The molecule has 0 saturated carbocycles. The van der Waals surface area contributed by atoms with Crippen LogP contribution in [0.25, 0.3) is 0 Å². The number of aryl methyl sites for hydroxylation is 3. The molecule has 0 spiro atoms. The fourth-order valence-corrected chi connectivity index (χ4v) is 6.20. The molecule has 1 aliphatic rings. The first-order valence-electron chi connectivity index (χ1n) is 9.56. The van der Waals surface area contributed by atoms with E-state index in [1.807, 2.05) is 38.6 Å². The Bertz CT molecular complexity index is 952. The lowest BCUT2D eigenvalue weighted by Gasteiger charge is -2.30. The molecule has 3 atom stereocenters. The molecule has 29 heavy (non-hydrogen) atoms. The lowest BCUT2D eigenvalue weighted by atomic mass is 10.1. The van der Waals surface area contributed by atoms with E-state index in [1.165, 1.54) is 7.11 Å². The lowest BCUT2D eigenvalue weighted by Crippen LogP contribution is -2.25. The summed E-state index contributed by atoms with van der Waals surface area (Å²) in [5, 5.41) is 13.6. The van der Waals surface area contributed by atoms with Crippen LogP contribution in [0.2, 0.25) is 0 Å². The average Bonchev–Trinajstić information content (AvgIpc) is 2.94. The average molecular weight is 420 g/mol. The van der Waals surface area contributed by atoms with Crippen LogP contribution in [0.4, 0.5) is 5.69 Å². The van der Waals surface area contributed by atoms with E-state index < -0.39 is 13.2 Å². The number of ether oxygens (including phenoxy) is 1. The SMILES string of the molecule is COc1cc(C(CNc2cnc(C)nc2C)P2(=O)OC[C@H](C)N2C)cc(C)c1O. The Balaban J connectivity index is 2.01. The van der Waals surface area contributed by atoms with E-state index in [2.05, 4.69) is 15.3 Å². The van der Waals surface area contributed by atoms with Crippen LogP contribution in [0.1, 0.15) is 35.2 Å². The molecular weight excluding hydrogens is 391 g/mol. The van der Waals surface area contributed by atoms with Gasteiger partial charge in [-0.3, -0.25) is 4.57 Å². The molecule has 2 N–H and O–H groups in total. The Kier molecular flexibility index (Phi) is 6.17. The van der Waals surface area contributed by atoms with Crippen molar-refractivity contribution < 1.29 is 18.9 Å². The molecule has 0 radical (unpaired) electrons. The predicted octanol–water partition coefficient (Wildman–Crippen LogP) is 3.81. The molecule has 1 aromatic carbocycles. The van der Waals surface area contributed by atoms with Crippen molar-refractivity contribution in [3.63, 3.8) is 0 Å². The molecular formula is C20H29N4O4P. The van der Waals surface area contributed by atoms with E-state index in [1.54, 1.807) is 19.2 Å². The third kappa shape index (κ3) is 4.10. The van der Waals surface area contributed by atoms with Gasteiger partial charge in [0.15, 0.2) is 11.5 Å². The van der Waals surface area contributed by atoms with Gasteiger partial charge in [-0.15, -0.1) is 0 Å². The van der Waals surface area contributed by atoms with Gasteiger partial charge in [-0.1, -0.05) is 6.07 Å². The molecule has 1 aromatic heterocycles. The molecule has 1 aliphatic heterocycles. The molecule has 1 saturated heterocycles. The number of phenols is 1. The van der Waals surface area contributed by atoms with Gasteiger partial charge in [0.25, 0.3) is 7.52 Å². The Morgan fingerprint density at radius 1 is 1.41 bits per heavy atom. The van der Waals surface area contributed by atoms with Gasteiger partial charge in [0, 0.05) is 12.6 Å². The van der Waals surface area contributed by atoms with Gasteiger partial charge in [-0.05, 0) is 51.9 Å². The largest absolute Gasteiger partial charge is 0.504 e. The van der Waals surface area contributed by atoms with Crippen molar-refractivity contribution in [2.75, 3.05) is 32.6 Å². The first-order chi connectivity index (χ1) is 13.7. The summed E-state index contributed by atoms with van der Waals surface area (Å²) in [5.74, 6) is 1.13. The van der Waals surface area contributed by atoms with E-state index in [-0.39, 0.29) is 11.8 Å². The number of methoxy groups -OCH3 is 1. The first-order valence-corrected chi connectivity index (χ1v) is 11.2. The Morgan fingerprint density at radius 2 is 2.14 bits per heavy atom. The molecule has 2 aromatic rings. The highest BCUT2D eigenvalue weighted by molar-refractivity contribution is 7.57. The molecule has 0 aliphatic carbocycles. The smallest absolute Gasteiger partial charge is 0.281 e. The number of phenolic OH excluding ortho intramolecular Hbond substituents is 1. The van der Waals surface area contributed by atoms with Crippen molar-refractivity contribution in [1.82, 2.24) is 14.6 Å². The van der Waals surface area contributed by atoms with E-state index in [9.17, 15) is 9.67 Å². The zero-order valence-electron chi connectivity index (χ0n) is 17.8. The first kappa shape index (κ1) is 21.6. The number of likely N-dealkylation sites (N-methyl/N-ethyl adjacent to an activating group) is 1. The standard InChI is InChI=1S/C20H29N4O4P/c1-12-7-16(8-18(27-6)20(12)25)19(29(26)24(5)13(2)11-28-29)10-22-17-9-21-15(4)23-14(17)3/h7-9,13,19,22,25H,10-11H2,1-6H3/t13-,19?,29?/m0/s1. The number of hydrogen-bond donors (Lipinski definition) is 2. The molecule has 0 bridgehead atoms. The summed E-state index contributed by atoms with van der Waals surface area (Å²) in [6, 6.07) is 3.61. The second-order valence-electron chi connectivity index (χ2n) is 7.48. The Morgan fingerprint density at radius 3 is 2.72 bits per heavy atom. The number of aromatic hydroxyl groups is 1. The van der Waals surface area contributed by atoms with E-state index in [0.717, 1.165) is 16.9 Å². The zero-order valence-corrected chi connectivity index (χ0v) is 18.7. The number of nitrogens with zero attached hydrogens (tertiary/aromatic N) is 3. The van der Waals surface area contributed by atoms with Crippen molar-refractivity contribution >= 4 is 13.2 Å². The number of aromatic nitrogens is 2. The van der Waals surface area contributed by atoms with Gasteiger partial charge in [0.2, 0.25) is 0 Å². The second-order valence-corrected chi connectivity index (χ2v) is 10.1. The van der Waals surface area contributed by atoms with Gasteiger partial charge in [0.1, 0.15) is 5.82 Å². The van der Waals surface area contributed by atoms with Crippen LogP contribution in [0, 0.1) is 20.8 Å². The minimum atomic E-state index is -3.18. The van der Waals surface area contributed by atoms with Crippen LogP contribution in [0.5, 0.6) is 11.5 Å². The van der Waals surface area contributed by atoms with Crippen molar-refractivity contribution in [3.05, 3.63) is 41.0 Å². The van der Waals surface area contributed by atoms with E-state index >= 15 is 0 Å². The summed E-state index contributed by atoms with van der Waals surface area (Å²) < 4.78 is 27.0. The molecule has 2 unspecified atom stereocenters. The molecule has 0 amide bonds. The van der Waals surface area contributed by atoms with Crippen molar-refractivity contribution in [1.29, 1.82) is 0 Å². The monoisotopic (exact) mass is 420 g/mol. The minimum Gasteiger partial charge on any atom is -0.504 e. The normalized spacial score (nSPS) is 23.2. The highest BCUT2D eigenvalue weighted by Gasteiger charge is 2.46.